The lowest BCUT2D eigenvalue weighted by Gasteiger charge is -2.32. The van der Waals surface area contributed by atoms with Crippen LogP contribution in [0.15, 0.2) is 0 Å². The molecule has 0 spiro atoms. The molecule has 0 aliphatic rings. The summed E-state index contributed by atoms with van der Waals surface area (Å²) in [5, 5.41) is 13.8. The van der Waals surface area contributed by atoms with Crippen LogP contribution in [0, 0.1) is 0 Å². The zero-order chi connectivity index (χ0) is 16.7. The Bertz CT molecular complexity index is 268. The first-order valence-electron chi connectivity index (χ1n) is 9.18. The average Bonchev–Trinajstić information content (AvgIpc) is 2.50. The van der Waals surface area contributed by atoms with Gasteiger partial charge < -0.3 is 14.9 Å². The molecule has 4 nitrogen and oxygen atoms in total. The van der Waals surface area contributed by atoms with E-state index in [1.54, 1.807) is 0 Å². The van der Waals surface area contributed by atoms with Gasteiger partial charge in [-0.25, -0.2) is 0 Å². The van der Waals surface area contributed by atoms with Gasteiger partial charge in [0, 0.05) is 26.1 Å². The van der Waals surface area contributed by atoms with Crippen molar-refractivity contribution in [3.8, 4) is 0 Å². The van der Waals surface area contributed by atoms with E-state index in [0.29, 0.717) is 17.4 Å². The van der Waals surface area contributed by atoms with Crippen molar-refractivity contribution in [2.24, 2.45) is 0 Å². The molecule has 4 heteroatoms. The number of nitrogens with zero attached hydrogens (tertiary/aromatic N) is 1. The summed E-state index contributed by atoms with van der Waals surface area (Å²) in [6, 6.07) is 0. The van der Waals surface area contributed by atoms with Crippen molar-refractivity contribution < 1.29 is 14.4 Å². The maximum atomic E-state index is 11.7. The molecule has 0 saturated carbocycles. The van der Waals surface area contributed by atoms with Crippen LogP contribution in [-0.2, 0) is 4.79 Å². The van der Waals surface area contributed by atoms with Crippen molar-refractivity contribution in [2.45, 2.75) is 77.6 Å². The molecule has 0 radical (unpaired) electrons. The van der Waals surface area contributed by atoms with Crippen LogP contribution in [0.5, 0.6) is 0 Å². The molecule has 0 atom stereocenters. The highest BCUT2D eigenvalue weighted by molar-refractivity contribution is 5.75. The quantitative estimate of drug-likeness (QED) is 0.287. The first-order valence-corrected chi connectivity index (χ1v) is 9.18. The lowest BCUT2D eigenvalue weighted by atomic mass is 10.1. The van der Waals surface area contributed by atoms with E-state index >= 15 is 0 Å². The van der Waals surface area contributed by atoms with Gasteiger partial charge >= 0.3 is 0 Å². The lowest BCUT2D eigenvalue weighted by molar-refractivity contribution is -0.951. The van der Waals surface area contributed by atoms with Crippen molar-refractivity contribution in [3.05, 3.63) is 0 Å². The molecule has 22 heavy (non-hydrogen) atoms. The fraction of sp³-hybridized carbons (Fsp3) is 0.944. The Morgan fingerprint density at radius 3 is 2.00 bits per heavy atom. The number of quaternary nitrogens is 1. The third kappa shape index (κ3) is 14.3. The van der Waals surface area contributed by atoms with Crippen LogP contribution in [0.25, 0.3) is 0 Å². The second-order valence-electron chi connectivity index (χ2n) is 7.07. The molecular weight excluding hydrogens is 276 g/mol. The Morgan fingerprint density at radius 2 is 1.45 bits per heavy atom. The zero-order valence-corrected chi connectivity index (χ0v) is 15.2. The molecule has 1 N–H and O–H groups in total. The van der Waals surface area contributed by atoms with Crippen LogP contribution in [0.3, 0.4) is 0 Å². The Hall–Kier alpha value is -0.610. The van der Waals surface area contributed by atoms with E-state index in [-0.39, 0.29) is 12.6 Å². The van der Waals surface area contributed by atoms with Gasteiger partial charge in [0.05, 0.1) is 20.6 Å². The number of nitrogens with one attached hydrogen (secondary N) is 1. The minimum absolute atomic E-state index is 0.105. The van der Waals surface area contributed by atoms with Gasteiger partial charge in [0.25, 0.3) is 0 Å². The third-order valence-electron chi connectivity index (χ3n) is 4.12. The summed E-state index contributed by atoms with van der Waals surface area (Å²) < 4.78 is 0.480. The number of amides is 1. The van der Waals surface area contributed by atoms with Gasteiger partial charge in [0.1, 0.15) is 0 Å². The smallest absolute Gasteiger partial charge is 0.219 e. The first-order chi connectivity index (χ1) is 10.5. The van der Waals surface area contributed by atoms with Crippen molar-refractivity contribution in [3.63, 3.8) is 0 Å². The van der Waals surface area contributed by atoms with E-state index in [2.05, 4.69) is 12.2 Å². The molecule has 1 amide bonds. The Balaban J connectivity index is 3.29. The Labute approximate surface area is 137 Å². The number of unbranched alkanes of at least 4 members (excludes halogenated alkanes) is 8. The highest BCUT2D eigenvalue weighted by atomic mass is 16.3. The third-order valence-corrected chi connectivity index (χ3v) is 4.12. The van der Waals surface area contributed by atoms with Gasteiger partial charge in [0.2, 0.25) is 5.91 Å². The topological polar surface area (TPSA) is 52.2 Å². The fourth-order valence-electron chi connectivity index (χ4n) is 2.48. The summed E-state index contributed by atoms with van der Waals surface area (Å²) >= 11 is 0. The van der Waals surface area contributed by atoms with Gasteiger partial charge in [0.15, 0.2) is 0 Å². The van der Waals surface area contributed by atoms with Crippen LogP contribution >= 0.6 is 0 Å². The fourth-order valence-corrected chi connectivity index (χ4v) is 2.48. The maximum Gasteiger partial charge on any atom is 0.219 e. The first kappa shape index (κ1) is 21.4. The van der Waals surface area contributed by atoms with Crippen LogP contribution in [0.1, 0.15) is 77.6 Å². The largest absolute Gasteiger partial charge is 0.809 e. The zero-order valence-electron chi connectivity index (χ0n) is 15.2. The minimum atomic E-state index is -0.105. The number of carbonyl (C=O) groups is 1. The number of hydrogen-bond acceptors (Lipinski definition) is 2. The molecule has 0 saturated heterocycles. The second kappa shape index (κ2) is 14.0. The predicted molar refractivity (Wildman–Crippen MR) is 91.3 cm³/mol. The molecule has 0 aliphatic carbocycles. The van der Waals surface area contributed by atoms with Crippen molar-refractivity contribution in [1.29, 1.82) is 0 Å². The van der Waals surface area contributed by atoms with Gasteiger partial charge in [-0.15, -0.1) is 0 Å². The maximum absolute atomic E-state index is 11.7. The van der Waals surface area contributed by atoms with E-state index in [1.807, 2.05) is 14.1 Å². The highest BCUT2D eigenvalue weighted by Crippen LogP contribution is 2.10. The monoisotopic (exact) mass is 314 g/mol. The molecule has 0 fully saturated rings. The minimum Gasteiger partial charge on any atom is -0.809 e. The number of carbonyl (C=O) groups excluding carboxylic acids is 1. The number of rotatable bonds is 15. The Morgan fingerprint density at radius 1 is 0.909 bits per heavy atom. The molecule has 0 aromatic heterocycles. The molecule has 0 bridgehead atoms. The molecule has 0 aromatic carbocycles. The molecule has 0 aromatic rings. The standard InChI is InChI=1S/C18H38N2O2/c1-4-5-6-7-8-9-10-11-12-14-18(22)19-15-13-16-20(2,3)17-21/h4-17H2,1-3H3,(H,19,22). The summed E-state index contributed by atoms with van der Waals surface area (Å²) in [6.45, 7) is 3.65. The average molecular weight is 315 g/mol. The van der Waals surface area contributed by atoms with Gasteiger partial charge in [-0.05, 0) is 6.42 Å². The van der Waals surface area contributed by atoms with Crippen molar-refractivity contribution in [1.82, 2.24) is 5.32 Å². The van der Waals surface area contributed by atoms with Crippen molar-refractivity contribution >= 4 is 5.91 Å². The van der Waals surface area contributed by atoms with Crippen molar-refractivity contribution in [2.75, 3.05) is 33.9 Å². The molecule has 0 aliphatic heterocycles. The summed E-state index contributed by atoms with van der Waals surface area (Å²) in [6.07, 6.45) is 13.0. The van der Waals surface area contributed by atoms with Gasteiger partial charge in [-0.2, -0.15) is 0 Å². The molecule has 0 rings (SSSR count). The van der Waals surface area contributed by atoms with Crippen LogP contribution in [0.2, 0.25) is 0 Å². The summed E-state index contributed by atoms with van der Waals surface area (Å²) in [5.41, 5.74) is 0. The van der Waals surface area contributed by atoms with E-state index in [0.717, 1.165) is 19.4 Å². The summed E-state index contributed by atoms with van der Waals surface area (Å²) in [4.78, 5) is 11.7. The summed E-state index contributed by atoms with van der Waals surface area (Å²) in [5.74, 6) is 0.162. The van der Waals surface area contributed by atoms with E-state index in [4.69, 9.17) is 0 Å². The lowest BCUT2D eigenvalue weighted by Crippen LogP contribution is -2.47. The molecule has 0 unspecified atom stereocenters. The summed E-state index contributed by atoms with van der Waals surface area (Å²) in [7, 11) is 3.86. The van der Waals surface area contributed by atoms with Crippen LogP contribution < -0.4 is 10.4 Å². The van der Waals surface area contributed by atoms with Crippen LogP contribution in [0.4, 0.5) is 0 Å². The normalized spacial score (nSPS) is 11.6. The van der Waals surface area contributed by atoms with Crippen LogP contribution in [-0.4, -0.2) is 44.3 Å². The van der Waals surface area contributed by atoms with Gasteiger partial charge in [-0.3, -0.25) is 4.79 Å². The SMILES string of the molecule is CCCCCCCCCCCC(=O)NCCC[N+](C)(C)C[O-]. The molecule has 0 heterocycles. The number of hydrogen-bond donors (Lipinski definition) is 1. The molecule has 132 valence electrons. The van der Waals surface area contributed by atoms with Gasteiger partial charge in [-0.1, -0.05) is 58.3 Å². The van der Waals surface area contributed by atoms with E-state index in [9.17, 15) is 9.90 Å². The Kier molecular flexibility index (Phi) is 13.6. The second-order valence-corrected chi connectivity index (χ2v) is 7.07. The molecular formula is C18H38N2O2. The highest BCUT2D eigenvalue weighted by Gasteiger charge is 2.08. The van der Waals surface area contributed by atoms with E-state index in [1.165, 1.54) is 51.4 Å². The van der Waals surface area contributed by atoms with E-state index < -0.39 is 0 Å². The predicted octanol–water partition coefficient (Wildman–Crippen LogP) is 2.81.